The number of nitrogens with zero attached hydrogens (tertiary/aromatic N) is 3. The van der Waals surface area contributed by atoms with Crippen molar-refractivity contribution in [2.45, 2.75) is 30.4 Å². The molecule has 1 saturated heterocycles. The summed E-state index contributed by atoms with van der Waals surface area (Å²) in [5.74, 6) is 0.653. The molecule has 0 aromatic heterocycles. The molecule has 3 aliphatic heterocycles. The fourth-order valence-corrected chi connectivity index (χ4v) is 6.20. The van der Waals surface area contributed by atoms with Crippen molar-refractivity contribution in [2.24, 2.45) is 5.10 Å². The number of fused-ring (bicyclic) bond motifs is 3. The van der Waals surface area contributed by atoms with Gasteiger partial charge in [-0.05, 0) is 55.7 Å². The number of methoxy groups -OCH3 is 1. The van der Waals surface area contributed by atoms with Crippen LogP contribution in [0.2, 0.25) is 0 Å². The van der Waals surface area contributed by atoms with Crippen LogP contribution in [0.25, 0.3) is 0 Å². The van der Waals surface area contributed by atoms with Gasteiger partial charge in [-0.25, -0.2) is 8.42 Å². The summed E-state index contributed by atoms with van der Waals surface area (Å²) in [6.07, 6.45) is 2.38. The van der Waals surface area contributed by atoms with E-state index in [2.05, 4.69) is 5.10 Å². The van der Waals surface area contributed by atoms with Crippen LogP contribution in [-0.2, 0) is 10.0 Å². The molecular weight excluding hydrogens is 404 g/mol. The highest BCUT2D eigenvalue weighted by Crippen LogP contribution is 2.36. The average molecular weight is 428 g/mol. The zero-order chi connectivity index (χ0) is 20.9. The number of quaternary nitrogens is 1. The molecule has 3 aliphatic rings. The second kappa shape index (κ2) is 7.10. The van der Waals surface area contributed by atoms with Crippen molar-refractivity contribution in [1.29, 1.82) is 0 Å². The van der Waals surface area contributed by atoms with E-state index >= 15 is 0 Å². The molecule has 8 nitrogen and oxygen atoms in total. The third-order valence-corrected chi connectivity index (χ3v) is 7.74. The maximum Gasteiger partial charge on any atom is 0.281 e. The van der Waals surface area contributed by atoms with Crippen LogP contribution >= 0.6 is 0 Å². The number of hydrogen-bond acceptors (Lipinski definition) is 5. The normalized spacial score (nSPS) is 22.4. The summed E-state index contributed by atoms with van der Waals surface area (Å²) >= 11 is 0. The Morgan fingerprint density at radius 1 is 1.07 bits per heavy atom. The van der Waals surface area contributed by atoms with Crippen molar-refractivity contribution in [2.75, 3.05) is 20.2 Å². The van der Waals surface area contributed by atoms with Crippen LogP contribution in [0.1, 0.15) is 35.2 Å². The number of piperidine rings is 1. The molecule has 0 unspecified atom stereocenters. The van der Waals surface area contributed by atoms with E-state index in [9.17, 15) is 13.2 Å². The van der Waals surface area contributed by atoms with Crippen molar-refractivity contribution in [3.8, 4) is 5.75 Å². The van der Waals surface area contributed by atoms with E-state index in [1.54, 1.807) is 55.6 Å². The Balaban J connectivity index is 1.60. The molecule has 30 heavy (non-hydrogen) atoms. The molecule has 0 radical (unpaired) electrons. The number of carbonyl (C=O) groups is 1. The minimum atomic E-state index is -3.77. The molecule has 1 amide bonds. The summed E-state index contributed by atoms with van der Waals surface area (Å²) < 4.78 is 33.3. The number of likely N-dealkylation sites (tertiary alicyclic amines) is 1. The van der Waals surface area contributed by atoms with E-state index in [1.165, 1.54) is 9.31 Å². The largest absolute Gasteiger partial charge is 0.497 e. The van der Waals surface area contributed by atoms with Gasteiger partial charge in [0.15, 0.2) is 5.84 Å². The van der Waals surface area contributed by atoms with E-state index in [1.807, 2.05) is 0 Å². The average Bonchev–Trinajstić information content (AvgIpc) is 3.29. The number of rotatable bonds is 3. The highest BCUT2D eigenvalue weighted by Gasteiger charge is 2.55. The zero-order valence-electron chi connectivity index (χ0n) is 16.6. The van der Waals surface area contributed by atoms with Crippen LogP contribution in [0.15, 0.2) is 58.5 Å². The highest BCUT2D eigenvalue weighted by molar-refractivity contribution is 7.90. The summed E-state index contributed by atoms with van der Waals surface area (Å²) in [6, 6.07) is 13.6. The van der Waals surface area contributed by atoms with Gasteiger partial charge in [0.2, 0.25) is 0 Å². The monoisotopic (exact) mass is 427 g/mol. The number of hydrogen-bond donors (Lipinski definition) is 1. The maximum absolute atomic E-state index is 13.4. The quantitative estimate of drug-likeness (QED) is 0.788. The zero-order valence-corrected chi connectivity index (χ0v) is 17.4. The number of carbonyl (C=O) groups excluding carboxylic acids is 1. The Hall–Kier alpha value is -2.91. The van der Waals surface area contributed by atoms with Gasteiger partial charge >= 0.3 is 0 Å². The summed E-state index contributed by atoms with van der Waals surface area (Å²) in [4.78, 5) is 14.7. The summed E-state index contributed by atoms with van der Waals surface area (Å²) in [5.41, 5.74) is 0.984. The number of ether oxygens (including phenoxy) is 1. The lowest BCUT2D eigenvalue weighted by molar-refractivity contribution is -0.947. The summed E-state index contributed by atoms with van der Waals surface area (Å²) in [7, 11) is -2.21. The molecule has 9 heteroatoms. The molecule has 2 aromatic carbocycles. The van der Waals surface area contributed by atoms with Gasteiger partial charge in [-0.15, -0.1) is 5.10 Å². The van der Waals surface area contributed by atoms with Crippen LogP contribution < -0.4 is 9.64 Å². The molecule has 2 aromatic rings. The number of amides is 1. The molecule has 156 valence electrons. The molecular formula is C21H23N4O4S+. The Kier molecular flexibility index (Phi) is 4.52. The second-order valence-corrected chi connectivity index (χ2v) is 9.47. The molecule has 0 aliphatic carbocycles. The lowest BCUT2D eigenvalue weighted by atomic mass is 10.1. The first-order valence-electron chi connectivity index (χ1n) is 10.1. The number of benzene rings is 2. The van der Waals surface area contributed by atoms with E-state index in [0.29, 0.717) is 22.7 Å². The Bertz CT molecular complexity index is 1120. The van der Waals surface area contributed by atoms with Gasteiger partial charge in [-0.3, -0.25) is 9.69 Å². The van der Waals surface area contributed by atoms with E-state index in [0.717, 1.165) is 37.3 Å². The molecule has 0 saturated carbocycles. The first-order valence-corrected chi connectivity index (χ1v) is 11.5. The van der Waals surface area contributed by atoms with Gasteiger partial charge in [0.1, 0.15) is 5.75 Å². The van der Waals surface area contributed by atoms with E-state index in [4.69, 9.17) is 4.74 Å². The number of amidine groups is 1. The standard InChI is InChI=1S/C21H22N4O4S/c1-29-16-11-9-15(10-12-16)20(26)24-21(23-13-5-2-6-14-23)25-19(22-24)17-7-3-4-8-18(17)30(25,27)28/h3-4,7-12,21H,2,5-6,13-14H2,1H3/p+1/t21-/m1/s1. The summed E-state index contributed by atoms with van der Waals surface area (Å²) in [6.45, 7) is 1.59. The molecule has 1 atom stereocenters. The van der Waals surface area contributed by atoms with Crippen molar-refractivity contribution in [3.63, 3.8) is 0 Å². The van der Waals surface area contributed by atoms with Crippen molar-refractivity contribution in [1.82, 2.24) is 9.31 Å². The first-order chi connectivity index (χ1) is 14.5. The van der Waals surface area contributed by atoms with E-state index < -0.39 is 16.3 Å². The van der Waals surface area contributed by atoms with Crippen molar-refractivity contribution < 1.29 is 22.8 Å². The first kappa shape index (κ1) is 19.1. The van der Waals surface area contributed by atoms with Gasteiger partial charge < -0.3 is 4.74 Å². The van der Waals surface area contributed by atoms with Crippen LogP contribution in [0, 0.1) is 0 Å². The highest BCUT2D eigenvalue weighted by atomic mass is 32.2. The van der Waals surface area contributed by atoms with Gasteiger partial charge in [-0.2, -0.15) is 9.31 Å². The predicted octanol–water partition coefficient (Wildman–Crippen LogP) is 0.869. The molecule has 0 spiro atoms. The Morgan fingerprint density at radius 3 is 2.47 bits per heavy atom. The minimum Gasteiger partial charge on any atom is -0.497 e. The molecule has 1 fully saturated rings. The number of sulfonamides is 1. The Morgan fingerprint density at radius 2 is 1.77 bits per heavy atom. The predicted molar refractivity (Wildman–Crippen MR) is 110 cm³/mol. The number of nitrogens with one attached hydrogen (secondary N) is 1. The number of hydrazone groups is 1. The van der Waals surface area contributed by atoms with Gasteiger partial charge in [0.05, 0.1) is 25.1 Å². The molecule has 3 heterocycles. The smallest absolute Gasteiger partial charge is 0.281 e. The topological polar surface area (TPSA) is 83.7 Å². The third kappa shape index (κ3) is 2.80. The van der Waals surface area contributed by atoms with Crippen LogP contribution in [0.3, 0.4) is 0 Å². The molecule has 5 rings (SSSR count). The van der Waals surface area contributed by atoms with Crippen molar-refractivity contribution >= 4 is 21.8 Å². The maximum atomic E-state index is 13.4. The lowest BCUT2D eigenvalue weighted by Gasteiger charge is -2.35. The lowest BCUT2D eigenvalue weighted by Crippen LogP contribution is -3.19. The van der Waals surface area contributed by atoms with Crippen LogP contribution in [-0.4, -0.2) is 56.0 Å². The minimum absolute atomic E-state index is 0.252. The summed E-state index contributed by atoms with van der Waals surface area (Å²) in [5, 5.41) is 5.91. The van der Waals surface area contributed by atoms with Crippen LogP contribution in [0.4, 0.5) is 0 Å². The van der Waals surface area contributed by atoms with Gasteiger partial charge in [0.25, 0.3) is 22.2 Å². The SMILES string of the molecule is COc1ccc(C(=O)N2N=C3c4ccccc4S(=O)(=O)N3[C@@H]2[NH+]2CCCCC2)cc1. The van der Waals surface area contributed by atoms with Crippen LogP contribution in [0.5, 0.6) is 5.75 Å². The Labute approximate surface area is 175 Å². The van der Waals surface area contributed by atoms with E-state index in [-0.39, 0.29) is 10.8 Å². The van der Waals surface area contributed by atoms with Gasteiger partial charge in [0, 0.05) is 11.1 Å². The van der Waals surface area contributed by atoms with Crippen molar-refractivity contribution in [3.05, 3.63) is 59.7 Å². The fourth-order valence-electron chi connectivity index (χ4n) is 4.44. The second-order valence-electron chi connectivity index (χ2n) is 7.69. The third-order valence-electron chi connectivity index (χ3n) is 5.94. The van der Waals surface area contributed by atoms with Gasteiger partial charge in [-0.1, -0.05) is 12.1 Å². The molecule has 0 bridgehead atoms. The molecule has 1 N–H and O–H groups in total. The fraction of sp³-hybridized carbons (Fsp3) is 0.333.